The first kappa shape index (κ1) is 16.2. The number of hydrogen-bond donors (Lipinski definition) is 2. The minimum atomic E-state index is -0.470. The minimum absolute atomic E-state index is 0.0363. The molecule has 3 N–H and O–H groups in total. The van der Waals surface area contributed by atoms with Gasteiger partial charge in [-0.05, 0) is 35.4 Å². The highest BCUT2D eigenvalue weighted by Crippen LogP contribution is 2.34. The molecule has 0 aliphatic heterocycles. The van der Waals surface area contributed by atoms with Crippen molar-refractivity contribution in [1.82, 2.24) is 0 Å². The van der Waals surface area contributed by atoms with Crippen LogP contribution in [0.25, 0.3) is 0 Å². The van der Waals surface area contributed by atoms with Gasteiger partial charge in [0.1, 0.15) is 0 Å². The average Bonchev–Trinajstić information content (AvgIpc) is 2.34. The van der Waals surface area contributed by atoms with Crippen LogP contribution >= 0.6 is 0 Å². The maximum Gasteiger partial charge on any atom is 0.0833 e. The van der Waals surface area contributed by atoms with E-state index in [1.807, 2.05) is 18.2 Å². The molecule has 2 nitrogen and oxygen atoms in total. The van der Waals surface area contributed by atoms with Crippen molar-refractivity contribution in [3.05, 3.63) is 35.4 Å². The highest BCUT2D eigenvalue weighted by molar-refractivity contribution is 5.34. The Morgan fingerprint density at radius 3 is 2.21 bits per heavy atom. The second-order valence-electron chi connectivity index (χ2n) is 6.91. The van der Waals surface area contributed by atoms with Crippen LogP contribution in [0.4, 0.5) is 0 Å². The van der Waals surface area contributed by atoms with Crippen molar-refractivity contribution in [2.45, 2.75) is 52.6 Å². The van der Waals surface area contributed by atoms with E-state index in [1.54, 1.807) is 0 Å². The number of rotatable bonds is 5. The number of aliphatic hydroxyl groups is 1. The Bertz CT molecular complexity index is 392. The fourth-order valence-electron chi connectivity index (χ4n) is 2.65. The fourth-order valence-corrected chi connectivity index (χ4v) is 2.65. The summed E-state index contributed by atoms with van der Waals surface area (Å²) >= 11 is 0. The van der Waals surface area contributed by atoms with Crippen molar-refractivity contribution in [3.8, 4) is 0 Å². The molecular weight excluding hydrogens is 234 g/mol. The second kappa shape index (κ2) is 6.53. The largest absolute Gasteiger partial charge is 0.388 e. The van der Waals surface area contributed by atoms with E-state index in [4.69, 9.17) is 5.73 Å². The Hall–Kier alpha value is -0.860. The molecule has 0 amide bonds. The molecule has 0 fully saturated rings. The quantitative estimate of drug-likeness (QED) is 0.852. The van der Waals surface area contributed by atoms with Gasteiger partial charge in [-0.3, -0.25) is 0 Å². The topological polar surface area (TPSA) is 46.2 Å². The van der Waals surface area contributed by atoms with Crippen molar-refractivity contribution in [2.24, 2.45) is 17.6 Å². The summed E-state index contributed by atoms with van der Waals surface area (Å²) in [6.07, 6.45) is 0.485. The second-order valence-corrected chi connectivity index (χ2v) is 6.91. The third-order valence-electron chi connectivity index (χ3n) is 3.61. The Balaban J connectivity index is 3.08. The van der Waals surface area contributed by atoms with Gasteiger partial charge in [0.15, 0.2) is 0 Å². The molecule has 2 atom stereocenters. The van der Waals surface area contributed by atoms with E-state index < -0.39 is 6.10 Å². The van der Waals surface area contributed by atoms with Crippen molar-refractivity contribution in [3.63, 3.8) is 0 Å². The summed E-state index contributed by atoms with van der Waals surface area (Å²) in [7, 11) is 0. The summed E-state index contributed by atoms with van der Waals surface area (Å²) in [4.78, 5) is 0. The van der Waals surface area contributed by atoms with Gasteiger partial charge in [-0.15, -0.1) is 0 Å². The van der Waals surface area contributed by atoms with Gasteiger partial charge in [0, 0.05) is 5.92 Å². The van der Waals surface area contributed by atoms with Crippen LogP contribution in [0.5, 0.6) is 0 Å². The molecule has 2 heteroatoms. The van der Waals surface area contributed by atoms with Crippen LogP contribution in [0.2, 0.25) is 0 Å². The third kappa shape index (κ3) is 4.32. The van der Waals surface area contributed by atoms with Crippen LogP contribution < -0.4 is 5.73 Å². The molecule has 2 unspecified atom stereocenters. The van der Waals surface area contributed by atoms with Crippen molar-refractivity contribution in [2.75, 3.05) is 6.54 Å². The molecule has 0 aliphatic rings. The van der Waals surface area contributed by atoms with Crippen LogP contribution in [0.15, 0.2) is 24.3 Å². The van der Waals surface area contributed by atoms with E-state index in [-0.39, 0.29) is 11.3 Å². The summed E-state index contributed by atoms with van der Waals surface area (Å²) in [5, 5.41) is 10.7. The lowest BCUT2D eigenvalue weighted by atomic mass is 9.79. The molecule has 0 heterocycles. The summed E-state index contributed by atoms with van der Waals surface area (Å²) in [6.45, 7) is 11.4. The Morgan fingerprint density at radius 2 is 1.74 bits per heavy atom. The van der Waals surface area contributed by atoms with Gasteiger partial charge < -0.3 is 10.8 Å². The van der Waals surface area contributed by atoms with E-state index in [0.29, 0.717) is 12.5 Å². The molecule has 108 valence electrons. The average molecular weight is 263 g/mol. The lowest BCUT2D eigenvalue weighted by Gasteiger charge is -2.29. The van der Waals surface area contributed by atoms with Crippen LogP contribution in [-0.4, -0.2) is 11.7 Å². The zero-order valence-electron chi connectivity index (χ0n) is 13.0. The highest BCUT2D eigenvalue weighted by Gasteiger charge is 2.26. The standard InChI is InChI=1S/C17H29NO/c1-12(2)10-13(11-18)16(19)14-8-6-7-9-15(14)17(3,4)5/h6-9,12-13,16,19H,10-11,18H2,1-5H3. The van der Waals surface area contributed by atoms with Gasteiger partial charge in [-0.25, -0.2) is 0 Å². The molecule has 0 saturated heterocycles. The third-order valence-corrected chi connectivity index (χ3v) is 3.61. The number of benzene rings is 1. The highest BCUT2D eigenvalue weighted by atomic mass is 16.3. The van der Waals surface area contributed by atoms with Gasteiger partial charge in [-0.2, -0.15) is 0 Å². The normalized spacial score (nSPS) is 15.6. The molecule has 0 spiro atoms. The maximum absolute atomic E-state index is 10.7. The van der Waals surface area contributed by atoms with Gasteiger partial charge >= 0.3 is 0 Å². The molecule has 1 aromatic carbocycles. The molecule has 0 aliphatic carbocycles. The summed E-state index contributed by atoms with van der Waals surface area (Å²) < 4.78 is 0. The first-order valence-electron chi connectivity index (χ1n) is 7.25. The van der Waals surface area contributed by atoms with E-state index in [9.17, 15) is 5.11 Å². The molecule has 0 radical (unpaired) electrons. The number of aliphatic hydroxyl groups excluding tert-OH is 1. The van der Waals surface area contributed by atoms with Crippen LogP contribution in [0.3, 0.4) is 0 Å². The van der Waals surface area contributed by atoms with Gasteiger partial charge in [0.05, 0.1) is 6.10 Å². The Labute approximate surface area is 118 Å². The lowest BCUT2D eigenvalue weighted by Crippen LogP contribution is -2.26. The molecule has 0 aromatic heterocycles. The Kier molecular flexibility index (Phi) is 5.57. The minimum Gasteiger partial charge on any atom is -0.388 e. The van der Waals surface area contributed by atoms with Gasteiger partial charge in [-0.1, -0.05) is 58.9 Å². The molecule has 0 bridgehead atoms. The van der Waals surface area contributed by atoms with E-state index in [2.05, 4.69) is 40.7 Å². The molecule has 1 aromatic rings. The van der Waals surface area contributed by atoms with Crippen LogP contribution in [0, 0.1) is 11.8 Å². The lowest BCUT2D eigenvalue weighted by molar-refractivity contribution is 0.0977. The maximum atomic E-state index is 10.7. The summed E-state index contributed by atoms with van der Waals surface area (Å²) in [5.74, 6) is 0.675. The number of nitrogens with two attached hydrogens (primary N) is 1. The Morgan fingerprint density at radius 1 is 1.16 bits per heavy atom. The number of hydrogen-bond acceptors (Lipinski definition) is 2. The van der Waals surface area contributed by atoms with E-state index in [1.165, 1.54) is 5.56 Å². The predicted molar refractivity (Wildman–Crippen MR) is 82.1 cm³/mol. The zero-order valence-corrected chi connectivity index (χ0v) is 13.0. The first-order chi connectivity index (χ1) is 8.77. The molecule has 19 heavy (non-hydrogen) atoms. The zero-order chi connectivity index (χ0) is 14.6. The van der Waals surface area contributed by atoms with Crippen molar-refractivity contribution >= 4 is 0 Å². The fraction of sp³-hybridized carbons (Fsp3) is 0.647. The van der Waals surface area contributed by atoms with Gasteiger partial charge in [0.25, 0.3) is 0 Å². The van der Waals surface area contributed by atoms with Crippen molar-refractivity contribution < 1.29 is 5.11 Å². The van der Waals surface area contributed by atoms with E-state index >= 15 is 0 Å². The van der Waals surface area contributed by atoms with Gasteiger partial charge in [0.2, 0.25) is 0 Å². The predicted octanol–water partition coefficient (Wildman–Crippen LogP) is 3.64. The monoisotopic (exact) mass is 263 g/mol. The molecule has 1 rings (SSSR count). The van der Waals surface area contributed by atoms with Crippen LogP contribution in [-0.2, 0) is 5.41 Å². The molecule has 0 saturated carbocycles. The summed E-state index contributed by atoms with van der Waals surface area (Å²) in [5.41, 5.74) is 8.14. The summed E-state index contributed by atoms with van der Waals surface area (Å²) in [6, 6.07) is 8.18. The van der Waals surface area contributed by atoms with Crippen molar-refractivity contribution in [1.29, 1.82) is 0 Å². The van der Waals surface area contributed by atoms with E-state index in [0.717, 1.165) is 12.0 Å². The smallest absolute Gasteiger partial charge is 0.0833 e. The van der Waals surface area contributed by atoms with Crippen LogP contribution in [0.1, 0.15) is 58.3 Å². The SMILES string of the molecule is CC(C)CC(CN)C(O)c1ccccc1C(C)(C)C. The first-order valence-corrected chi connectivity index (χ1v) is 7.25. The molecular formula is C17H29NO.